The van der Waals surface area contributed by atoms with Crippen molar-refractivity contribution in [3.8, 4) is 0 Å². The molecule has 7 amide bonds. The number of hydrogen-bond donors (Lipinski definition) is 13. The molecule has 0 unspecified atom stereocenters. The molecule has 22 nitrogen and oxygen atoms in total. The van der Waals surface area contributed by atoms with E-state index in [0.29, 0.717) is 0 Å². The topological polar surface area (TPSA) is 379 Å². The van der Waals surface area contributed by atoms with Crippen LogP contribution in [-0.4, -0.2) is 140 Å². The molecular formula is C27H46N8O14. The minimum Gasteiger partial charge on any atom is -0.481 e. The van der Waals surface area contributed by atoms with Gasteiger partial charge in [0.05, 0.1) is 38.2 Å². The number of amides is 7. The second kappa shape index (κ2) is 21.1. The third-order valence-electron chi connectivity index (χ3n) is 6.48. The number of nitrogens with one attached hydrogen (secondary N) is 6. The smallest absolute Gasteiger partial charge is 0.328 e. The highest BCUT2D eigenvalue weighted by Gasteiger charge is 2.35. The summed E-state index contributed by atoms with van der Waals surface area (Å²) in [5.41, 5.74) is 10.7. The van der Waals surface area contributed by atoms with Gasteiger partial charge in [-0.1, -0.05) is 13.8 Å². The Morgan fingerprint density at radius 1 is 0.571 bits per heavy atom. The Hall–Kier alpha value is -4.93. The third-order valence-corrected chi connectivity index (χ3v) is 6.48. The SMILES string of the molecule is CC(C)C[C@H](NC(=O)[C@H](CC(N)=O)NC(=O)[C@H](CO)NC(=O)[C@@H](NC(=O)[C@H](C)N)[C@@H](C)O)C(=O)N[C@@H](CC(=O)O)C(=O)N[C@@H](CO)C(=O)O. The van der Waals surface area contributed by atoms with Gasteiger partial charge in [-0.2, -0.15) is 0 Å². The van der Waals surface area contributed by atoms with Gasteiger partial charge in [0.1, 0.15) is 36.3 Å². The summed E-state index contributed by atoms with van der Waals surface area (Å²) in [5, 5.41) is 59.8. The maximum absolute atomic E-state index is 13.3. The summed E-state index contributed by atoms with van der Waals surface area (Å²) in [4.78, 5) is 111. The molecule has 0 aromatic heterocycles. The van der Waals surface area contributed by atoms with Gasteiger partial charge in [0.2, 0.25) is 41.4 Å². The molecule has 0 rings (SSSR count). The normalized spacial score (nSPS) is 15.9. The van der Waals surface area contributed by atoms with Crippen molar-refractivity contribution in [3.63, 3.8) is 0 Å². The summed E-state index contributed by atoms with van der Waals surface area (Å²) in [7, 11) is 0. The average Bonchev–Trinajstić information content (AvgIpc) is 2.98. The van der Waals surface area contributed by atoms with Gasteiger partial charge in [-0.05, 0) is 26.2 Å². The van der Waals surface area contributed by atoms with Crippen LogP contribution in [0.1, 0.15) is 47.0 Å². The van der Waals surface area contributed by atoms with Gasteiger partial charge < -0.3 is 68.9 Å². The Morgan fingerprint density at radius 2 is 0.980 bits per heavy atom. The molecule has 0 aromatic carbocycles. The molecule has 0 spiro atoms. The first-order valence-corrected chi connectivity index (χ1v) is 14.8. The predicted molar refractivity (Wildman–Crippen MR) is 164 cm³/mol. The zero-order valence-corrected chi connectivity index (χ0v) is 27.3. The van der Waals surface area contributed by atoms with Crippen LogP contribution in [0.25, 0.3) is 0 Å². The van der Waals surface area contributed by atoms with Crippen molar-refractivity contribution in [2.24, 2.45) is 17.4 Å². The number of carboxylic acid groups (broad SMARTS) is 2. The average molecular weight is 707 g/mol. The van der Waals surface area contributed by atoms with Crippen LogP contribution in [0.2, 0.25) is 0 Å². The van der Waals surface area contributed by atoms with Crippen molar-refractivity contribution in [1.82, 2.24) is 31.9 Å². The Balaban J connectivity index is 6.07. The second-order valence-electron chi connectivity index (χ2n) is 11.4. The number of hydrogen-bond acceptors (Lipinski definition) is 13. The van der Waals surface area contributed by atoms with Crippen LogP contribution in [0.5, 0.6) is 0 Å². The summed E-state index contributed by atoms with van der Waals surface area (Å²) in [6, 6.07) is -11.6. The van der Waals surface area contributed by atoms with Gasteiger partial charge in [0, 0.05) is 0 Å². The molecule has 49 heavy (non-hydrogen) atoms. The van der Waals surface area contributed by atoms with Gasteiger partial charge in [-0.25, -0.2) is 4.79 Å². The van der Waals surface area contributed by atoms with Gasteiger partial charge >= 0.3 is 11.9 Å². The van der Waals surface area contributed by atoms with Crippen molar-refractivity contribution in [2.75, 3.05) is 13.2 Å². The minimum atomic E-state index is -1.87. The van der Waals surface area contributed by atoms with E-state index in [4.69, 9.17) is 21.7 Å². The fraction of sp³-hybridized carbons (Fsp3) is 0.667. The van der Waals surface area contributed by atoms with Crippen LogP contribution in [-0.2, 0) is 43.2 Å². The number of carbonyl (C=O) groups is 9. The number of carbonyl (C=O) groups excluding carboxylic acids is 7. The molecule has 0 saturated carbocycles. The number of nitrogens with two attached hydrogens (primary N) is 2. The van der Waals surface area contributed by atoms with Crippen molar-refractivity contribution in [3.05, 3.63) is 0 Å². The summed E-state index contributed by atoms with van der Waals surface area (Å²) >= 11 is 0. The van der Waals surface area contributed by atoms with Crippen LogP contribution in [0.3, 0.4) is 0 Å². The molecule has 15 N–H and O–H groups in total. The Labute approximate surface area is 280 Å². The first-order valence-electron chi connectivity index (χ1n) is 14.8. The summed E-state index contributed by atoms with van der Waals surface area (Å²) in [6.07, 6.45) is -3.52. The van der Waals surface area contributed by atoms with E-state index in [-0.39, 0.29) is 12.3 Å². The fourth-order valence-electron chi connectivity index (χ4n) is 3.92. The molecule has 8 atom stereocenters. The highest BCUT2D eigenvalue weighted by Crippen LogP contribution is 2.08. The van der Waals surface area contributed by atoms with E-state index in [9.17, 15) is 58.5 Å². The van der Waals surface area contributed by atoms with Crippen molar-refractivity contribution >= 4 is 53.3 Å². The third kappa shape index (κ3) is 16.1. The molecule has 22 heteroatoms. The van der Waals surface area contributed by atoms with E-state index in [1.54, 1.807) is 13.8 Å². The molecule has 0 fully saturated rings. The monoisotopic (exact) mass is 706 g/mol. The van der Waals surface area contributed by atoms with Gasteiger partial charge in [0.15, 0.2) is 0 Å². The van der Waals surface area contributed by atoms with Crippen LogP contribution in [0.4, 0.5) is 0 Å². The lowest BCUT2D eigenvalue weighted by atomic mass is 10.0. The lowest BCUT2D eigenvalue weighted by Crippen LogP contribution is -2.62. The van der Waals surface area contributed by atoms with E-state index >= 15 is 0 Å². The number of primary amides is 1. The fourth-order valence-corrected chi connectivity index (χ4v) is 3.92. The largest absolute Gasteiger partial charge is 0.481 e. The molecule has 0 bridgehead atoms. The number of aliphatic carboxylic acids is 2. The van der Waals surface area contributed by atoms with Gasteiger partial charge in [-0.15, -0.1) is 0 Å². The first-order chi connectivity index (χ1) is 22.6. The maximum atomic E-state index is 13.3. The quantitative estimate of drug-likeness (QED) is 0.0497. The second-order valence-corrected chi connectivity index (χ2v) is 11.4. The minimum absolute atomic E-state index is 0.145. The Kier molecular flexibility index (Phi) is 19.0. The summed E-state index contributed by atoms with van der Waals surface area (Å²) in [5.74, 6) is -11.5. The lowest BCUT2D eigenvalue weighted by molar-refractivity contribution is -0.144. The van der Waals surface area contributed by atoms with Crippen molar-refractivity contribution in [1.29, 1.82) is 0 Å². The summed E-state index contributed by atoms with van der Waals surface area (Å²) in [6.45, 7) is 3.58. The van der Waals surface area contributed by atoms with E-state index in [2.05, 4.69) is 26.6 Å². The van der Waals surface area contributed by atoms with E-state index in [1.165, 1.54) is 6.92 Å². The van der Waals surface area contributed by atoms with Gasteiger partial charge in [-0.3, -0.25) is 38.4 Å². The van der Waals surface area contributed by atoms with Crippen LogP contribution in [0.15, 0.2) is 0 Å². The van der Waals surface area contributed by atoms with Gasteiger partial charge in [0.25, 0.3) is 0 Å². The van der Waals surface area contributed by atoms with E-state index in [0.717, 1.165) is 6.92 Å². The molecule has 0 aliphatic carbocycles. The number of aliphatic hydroxyl groups is 3. The molecular weight excluding hydrogens is 660 g/mol. The number of aliphatic hydroxyl groups excluding tert-OH is 3. The Bertz CT molecular complexity index is 1230. The number of rotatable bonds is 22. The molecule has 0 radical (unpaired) electrons. The zero-order chi connectivity index (χ0) is 38.2. The molecule has 0 aromatic rings. The number of carboxylic acids is 2. The standard InChI is InChI=1S/C27H46N8O14/c1-10(2)5-13(22(43)32-15(7-19(40)41)24(45)34-17(9-37)27(48)49)30-23(44)14(6-18(29)39)31-25(46)16(8-36)33-26(47)20(12(4)38)35-21(42)11(3)28/h10-17,20,36-38H,5-9,28H2,1-4H3,(H2,29,39)(H,30,44)(H,31,46)(H,32,43)(H,33,47)(H,34,45)(H,35,42)(H,40,41)(H,48,49)/t11-,12+,13-,14-,15-,16-,17-,20-/m0/s1. The zero-order valence-electron chi connectivity index (χ0n) is 27.3. The van der Waals surface area contributed by atoms with E-state index in [1.807, 2.05) is 5.32 Å². The highest BCUT2D eigenvalue weighted by molar-refractivity contribution is 5.98. The van der Waals surface area contributed by atoms with Crippen LogP contribution >= 0.6 is 0 Å². The first kappa shape index (κ1) is 44.1. The van der Waals surface area contributed by atoms with Crippen molar-refractivity contribution < 1.29 is 68.7 Å². The van der Waals surface area contributed by atoms with Crippen LogP contribution < -0.4 is 43.4 Å². The van der Waals surface area contributed by atoms with E-state index < -0.39 is 128 Å². The molecule has 0 aliphatic rings. The summed E-state index contributed by atoms with van der Waals surface area (Å²) < 4.78 is 0. The Morgan fingerprint density at radius 3 is 1.37 bits per heavy atom. The molecule has 0 saturated heterocycles. The molecule has 278 valence electrons. The molecule has 0 heterocycles. The maximum Gasteiger partial charge on any atom is 0.328 e. The molecule has 0 aliphatic heterocycles. The predicted octanol–water partition coefficient (Wildman–Crippen LogP) is -6.91. The highest BCUT2D eigenvalue weighted by atomic mass is 16.4. The van der Waals surface area contributed by atoms with Crippen molar-refractivity contribution in [2.45, 2.75) is 95.4 Å². The lowest BCUT2D eigenvalue weighted by Gasteiger charge is -2.27. The van der Waals surface area contributed by atoms with Crippen LogP contribution in [0, 0.1) is 5.92 Å².